The Balaban J connectivity index is 0.00000392. The summed E-state index contributed by atoms with van der Waals surface area (Å²) in [4.78, 5) is 4.53. The molecule has 0 bridgehead atoms. The molecule has 0 aromatic heterocycles. The van der Waals surface area contributed by atoms with Gasteiger partial charge in [0.15, 0.2) is 5.96 Å². The molecule has 160 valence electrons. The Hall–Kier alpha value is -0.910. The van der Waals surface area contributed by atoms with Gasteiger partial charge in [0.2, 0.25) is 10.0 Å². The maximum atomic E-state index is 11.8. The molecule has 0 amide bonds. The summed E-state index contributed by atoms with van der Waals surface area (Å²) in [6.07, 6.45) is 1.62. The second-order valence-corrected chi connectivity index (χ2v) is 8.62. The van der Waals surface area contributed by atoms with E-state index in [2.05, 4.69) is 34.7 Å². The van der Waals surface area contributed by atoms with Gasteiger partial charge in [-0.3, -0.25) is 4.99 Å². The lowest BCUT2D eigenvalue weighted by molar-refractivity contribution is 0.0652. The molecule has 1 fully saturated rings. The van der Waals surface area contributed by atoms with Gasteiger partial charge >= 0.3 is 0 Å². The first-order chi connectivity index (χ1) is 13.0. The third-order valence-corrected chi connectivity index (χ3v) is 6.37. The Morgan fingerprint density at radius 3 is 2.68 bits per heavy atom. The third-order valence-electron chi connectivity index (χ3n) is 4.41. The van der Waals surface area contributed by atoms with Crippen LogP contribution in [-0.4, -0.2) is 63.8 Å². The summed E-state index contributed by atoms with van der Waals surface area (Å²) < 4.78 is 31.0. The van der Waals surface area contributed by atoms with Crippen molar-refractivity contribution in [2.75, 3.05) is 45.1 Å². The Labute approximate surface area is 186 Å². The zero-order valence-corrected chi connectivity index (χ0v) is 19.9. The second kappa shape index (κ2) is 13.3. The van der Waals surface area contributed by atoms with E-state index in [9.17, 15) is 8.42 Å². The zero-order valence-electron chi connectivity index (χ0n) is 16.8. The highest BCUT2D eigenvalue weighted by atomic mass is 127. The molecule has 28 heavy (non-hydrogen) atoms. The number of hydrogen-bond acceptors (Lipinski definition) is 4. The van der Waals surface area contributed by atoms with Gasteiger partial charge in [0, 0.05) is 39.3 Å². The number of guanidine groups is 1. The number of aliphatic imine (C=N–C) groups is 1. The van der Waals surface area contributed by atoms with E-state index < -0.39 is 10.0 Å². The van der Waals surface area contributed by atoms with Crippen LogP contribution in [0, 0.1) is 0 Å². The minimum absolute atomic E-state index is 0. The van der Waals surface area contributed by atoms with Gasteiger partial charge in [-0.05, 0) is 32.3 Å². The van der Waals surface area contributed by atoms with Gasteiger partial charge in [0.25, 0.3) is 0 Å². The van der Waals surface area contributed by atoms with Crippen LogP contribution in [0.1, 0.15) is 38.4 Å². The van der Waals surface area contributed by atoms with E-state index >= 15 is 0 Å². The first-order valence-electron chi connectivity index (χ1n) is 9.69. The molecule has 1 aromatic carbocycles. The molecule has 2 rings (SSSR count). The van der Waals surface area contributed by atoms with Gasteiger partial charge in [0.1, 0.15) is 0 Å². The van der Waals surface area contributed by atoms with E-state index in [4.69, 9.17) is 4.74 Å². The van der Waals surface area contributed by atoms with Gasteiger partial charge in [-0.15, -0.1) is 24.0 Å². The Bertz CT molecular complexity index is 686. The average molecular weight is 524 g/mol. The van der Waals surface area contributed by atoms with Gasteiger partial charge in [-0.2, -0.15) is 0 Å². The molecule has 1 aromatic rings. The van der Waals surface area contributed by atoms with E-state index in [1.54, 1.807) is 4.31 Å². The lowest BCUT2D eigenvalue weighted by atomic mass is 10.1. The van der Waals surface area contributed by atoms with Crippen molar-refractivity contribution in [3.05, 3.63) is 35.9 Å². The average Bonchev–Trinajstić information content (AvgIpc) is 3.00. The summed E-state index contributed by atoms with van der Waals surface area (Å²) in [5.41, 5.74) is 1.17. The van der Waals surface area contributed by atoms with Gasteiger partial charge in [0.05, 0.1) is 11.9 Å². The molecule has 9 heteroatoms. The predicted octanol–water partition coefficient (Wildman–Crippen LogP) is 2.36. The highest BCUT2D eigenvalue weighted by Gasteiger charge is 2.27. The number of hydrogen-bond donors (Lipinski definition) is 2. The van der Waals surface area contributed by atoms with Crippen LogP contribution in [0.3, 0.4) is 0 Å². The zero-order chi connectivity index (χ0) is 19.5. The topological polar surface area (TPSA) is 83.0 Å². The molecule has 1 heterocycles. The Kier molecular flexibility index (Phi) is 12.0. The lowest BCUT2D eigenvalue weighted by Crippen LogP contribution is -2.42. The number of ether oxygens (including phenoxy) is 1. The van der Waals surface area contributed by atoms with E-state index in [1.807, 2.05) is 25.1 Å². The van der Waals surface area contributed by atoms with E-state index in [0.717, 1.165) is 19.4 Å². The van der Waals surface area contributed by atoms with Crippen molar-refractivity contribution >= 4 is 40.0 Å². The van der Waals surface area contributed by atoms with Gasteiger partial charge in [-0.1, -0.05) is 30.3 Å². The minimum atomic E-state index is -3.04. The molecule has 7 nitrogen and oxygen atoms in total. The fraction of sp³-hybridized carbons (Fsp3) is 0.632. The van der Waals surface area contributed by atoms with Crippen LogP contribution in [0.2, 0.25) is 0 Å². The molecule has 1 saturated heterocycles. The van der Waals surface area contributed by atoms with Crippen LogP contribution in [0.4, 0.5) is 0 Å². The minimum Gasteiger partial charge on any atom is -0.374 e. The Morgan fingerprint density at radius 1 is 1.29 bits per heavy atom. The van der Waals surface area contributed by atoms with Crippen molar-refractivity contribution in [2.45, 2.75) is 32.8 Å². The molecule has 0 spiro atoms. The molecule has 1 aliphatic rings. The van der Waals surface area contributed by atoms with Crippen LogP contribution in [0.15, 0.2) is 35.3 Å². The fourth-order valence-corrected chi connectivity index (χ4v) is 4.45. The van der Waals surface area contributed by atoms with Crippen LogP contribution in [0.5, 0.6) is 0 Å². The number of sulfonamides is 1. The quantitative estimate of drug-likeness (QED) is 0.213. The predicted molar refractivity (Wildman–Crippen MR) is 125 cm³/mol. The first-order valence-corrected chi connectivity index (χ1v) is 11.3. The summed E-state index contributed by atoms with van der Waals surface area (Å²) in [7, 11) is -3.04. The third kappa shape index (κ3) is 8.62. The molecule has 1 atom stereocenters. The van der Waals surface area contributed by atoms with Gasteiger partial charge < -0.3 is 15.4 Å². The standard InChI is InChI=1S/C19H32N4O3S.HI/c1-3-20-19(22-12-14-23-13-8-16-27(23,24)25)21-11-7-15-26-17(2)18-9-5-4-6-10-18;/h4-6,9-10,17H,3,7-8,11-16H2,1-2H3,(H2,20,21,22);1H. The first kappa shape index (κ1) is 25.1. The number of rotatable bonds is 10. The lowest BCUT2D eigenvalue weighted by Gasteiger charge is -2.16. The van der Waals surface area contributed by atoms with Crippen molar-refractivity contribution in [2.24, 2.45) is 4.99 Å². The highest BCUT2D eigenvalue weighted by molar-refractivity contribution is 14.0. The summed E-state index contributed by atoms with van der Waals surface area (Å²) in [6.45, 7) is 7.76. The molecule has 0 saturated carbocycles. The van der Waals surface area contributed by atoms with Crippen LogP contribution < -0.4 is 10.6 Å². The highest BCUT2D eigenvalue weighted by Crippen LogP contribution is 2.15. The largest absolute Gasteiger partial charge is 0.374 e. The number of nitrogens with zero attached hydrogens (tertiary/aromatic N) is 2. The SMILES string of the molecule is CCNC(=NCCCOC(C)c1ccccc1)NCCN1CCCS1(=O)=O.I. The molecule has 0 radical (unpaired) electrons. The fourth-order valence-electron chi connectivity index (χ4n) is 2.92. The van der Waals surface area contributed by atoms with E-state index in [1.165, 1.54) is 5.56 Å². The normalized spacial score (nSPS) is 17.7. The van der Waals surface area contributed by atoms with E-state index in [-0.39, 0.29) is 35.8 Å². The maximum Gasteiger partial charge on any atom is 0.214 e. The van der Waals surface area contributed by atoms with Crippen molar-refractivity contribution in [1.29, 1.82) is 0 Å². The summed E-state index contributed by atoms with van der Waals surface area (Å²) in [5.74, 6) is 0.980. The monoisotopic (exact) mass is 524 g/mol. The summed E-state index contributed by atoms with van der Waals surface area (Å²) in [6, 6.07) is 10.2. The van der Waals surface area contributed by atoms with Crippen molar-refractivity contribution in [3.63, 3.8) is 0 Å². The van der Waals surface area contributed by atoms with Crippen molar-refractivity contribution in [3.8, 4) is 0 Å². The summed E-state index contributed by atoms with van der Waals surface area (Å²) >= 11 is 0. The number of nitrogens with one attached hydrogen (secondary N) is 2. The Morgan fingerprint density at radius 2 is 2.04 bits per heavy atom. The van der Waals surface area contributed by atoms with Crippen molar-refractivity contribution in [1.82, 2.24) is 14.9 Å². The maximum absolute atomic E-state index is 11.8. The molecular formula is C19H33IN4O3S. The van der Waals surface area contributed by atoms with E-state index in [0.29, 0.717) is 38.7 Å². The van der Waals surface area contributed by atoms with Crippen LogP contribution in [-0.2, 0) is 14.8 Å². The second-order valence-electron chi connectivity index (χ2n) is 6.53. The number of benzene rings is 1. The van der Waals surface area contributed by atoms with Crippen molar-refractivity contribution < 1.29 is 13.2 Å². The smallest absolute Gasteiger partial charge is 0.214 e. The molecule has 0 aliphatic carbocycles. The molecule has 1 aliphatic heterocycles. The van der Waals surface area contributed by atoms with Gasteiger partial charge in [-0.25, -0.2) is 12.7 Å². The molecular weight excluding hydrogens is 491 g/mol. The number of halogens is 1. The molecule has 2 N–H and O–H groups in total. The summed E-state index contributed by atoms with van der Waals surface area (Å²) in [5, 5.41) is 6.39. The van der Waals surface area contributed by atoms with Crippen LogP contribution >= 0.6 is 24.0 Å². The molecule has 1 unspecified atom stereocenters. The van der Waals surface area contributed by atoms with Crippen LogP contribution in [0.25, 0.3) is 0 Å².